The van der Waals surface area contributed by atoms with Gasteiger partial charge in [-0.2, -0.15) is 0 Å². The van der Waals surface area contributed by atoms with Crippen molar-refractivity contribution in [2.45, 2.75) is 6.04 Å². The summed E-state index contributed by atoms with van der Waals surface area (Å²) in [5, 5.41) is 21.9. The van der Waals surface area contributed by atoms with Crippen LogP contribution in [0.5, 0.6) is 5.75 Å². The molecule has 1 atom stereocenters. The summed E-state index contributed by atoms with van der Waals surface area (Å²) in [5.41, 5.74) is 0.488. The smallest absolute Gasteiger partial charge is 0.300 e. The molecule has 0 spiro atoms. The highest BCUT2D eigenvalue weighted by Gasteiger charge is 2.47. The molecule has 1 aliphatic heterocycles. The number of nitrogens with zero attached hydrogens (tertiary/aromatic N) is 2. The molecular weight excluding hydrogens is 431 g/mol. The number of Topliss-reactive ketones (excluding diaryl/α,β-unsaturated/α-hetero) is 1. The van der Waals surface area contributed by atoms with Crippen LogP contribution in [-0.2, 0) is 9.59 Å². The van der Waals surface area contributed by atoms with Crippen LogP contribution >= 0.6 is 0 Å². The van der Waals surface area contributed by atoms with Gasteiger partial charge in [0.1, 0.15) is 17.3 Å². The largest absolute Gasteiger partial charge is 0.507 e. The number of benzene rings is 3. The monoisotopic (exact) mass is 448 g/mol. The van der Waals surface area contributed by atoms with Crippen LogP contribution in [0.3, 0.4) is 0 Å². The van der Waals surface area contributed by atoms with Crippen LogP contribution < -0.4 is 9.64 Å². The lowest BCUT2D eigenvalue weighted by Crippen LogP contribution is -2.29. The standard InChI is InChI=1S/C24H17FN2O6/c1-33-19-12-10-17(11-13-19)26-21(14-2-6-16(25)7-3-14)20(23(29)24(26)30)22(28)15-4-8-18(9-5-15)27(31)32/h2-13,21,28H,1H3/b22-20+/t21-/m1/s1. The van der Waals surface area contributed by atoms with Gasteiger partial charge < -0.3 is 9.84 Å². The molecule has 0 unspecified atom stereocenters. The van der Waals surface area contributed by atoms with Crippen molar-refractivity contribution in [2.24, 2.45) is 0 Å². The van der Waals surface area contributed by atoms with Crippen LogP contribution in [0.4, 0.5) is 15.8 Å². The average Bonchev–Trinajstić information content (AvgIpc) is 3.09. The molecule has 4 rings (SSSR count). The average molecular weight is 448 g/mol. The lowest BCUT2D eigenvalue weighted by atomic mass is 9.95. The fourth-order valence-corrected chi connectivity index (χ4v) is 3.70. The number of rotatable bonds is 5. The second-order valence-electron chi connectivity index (χ2n) is 7.22. The Hall–Kier alpha value is -4.53. The summed E-state index contributed by atoms with van der Waals surface area (Å²) >= 11 is 0. The number of ether oxygens (including phenoxy) is 1. The summed E-state index contributed by atoms with van der Waals surface area (Å²) in [6.45, 7) is 0. The highest BCUT2D eigenvalue weighted by molar-refractivity contribution is 6.51. The van der Waals surface area contributed by atoms with Gasteiger partial charge in [-0.05, 0) is 54.1 Å². The van der Waals surface area contributed by atoms with Crippen molar-refractivity contribution >= 4 is 28.8 Å². The number of hydrogen-bond acceptors (Lipinski definition) is 6. The Morgan fingerprint density at radius 1 is 1.00 bits per heavy atom. The van der Waals surface area contributed by atoms with E-state index in [-0.39, 0.29) is 16.8 Å². The number of hydrogen-bond donors (Lipinski definition) is 1. The highest BCUT2D eigenvalue weighted by Crippen LogP contribution is 2.42. The van der Waals surface area contributed by atoms with Crippen LogP contribution in [0.1, 0.15) is 17.2 Å². The number of ketones is 1. The molecule has 8 nitrogen and oxygen atoms in total. The number of methoxy groups -OCH3 is 1. The summed E-state index contributed by atoms with van der Waals surface area (Å²) in [6.07, 6.45) is 0. The third-order valence-corrected chi connectivity index (χ3v) is 5.33. The first-order valence-corrected chi connectivity index (χ1v) is 9.77. The Morgan fingerprint density at radius 2 is 1.61 bits per heavy atom. The van der Waals surface area contributed by atoms with Crippen molar-refractivity contribution in [1.82, 2.24) is 0 Å². The lowest BCUT2D eigenvalue weighted by Gasteiger charge is -2.25. The molecule has 33 heavy (non-hydrogen) atoms. The van der Waals surface area contributed by atoms with Crippen LogP contribution in [0.2, 0.25) is 0 Å². The van der Waals surface area contributed by atoms with Gasteiger partial charge in [0.15, 0.2) is 0 Å². The second kappa shape index (κ2) is 8.54. The molecule has 3 aromatic rings. The first kappa shape index (κ1) is 21.7. The molecule has 1 amide bonds. The first-order chi connectivity index (χ1) is 15.8. The molecule has 9 heteroatoms. The maximum absolute atomic E-state index is 13.6. The fraction of sp³-hybridized carbons (Fsp3) is 0.0833. The predicted molar refractivity (Wildman–Crippen MR) is 117 cm³/mol. The van der Waals surface area contributed by atoms with Crippen LogP contribution in [0, 0.1) is 15.9 Å². The van der Waals surface area contributed by atoms with Crippen molar-refractivity contribution < 1.29 is 28.7 Å². The SMILES string of the molecule is COc1ccc(N2C(=O)C(=O)/C(=C(/O)c3ccc([N+](=O)[O-])cc3)[C@H]2c2ccc(F)cc2)cc1. The lowest BCUT2D eigenvalue weighted by molar-refractivity contribution is -0.384. The van der Waals surface area contributed by atoms with Gasteiger partial charge >= 0.3 is 0 Å². The number of halogens is 1. The molecule has 0 bridgehead atoms. The van der Waals surface area contributed by atoms with Gasteiger partial charge in [-0.15, -0.1) is 0 Å². The Morgan fingerprint density at radius 3 is 2.15 bits per heavy atom. The Bertz CT molecular complexity index is 1270. The quantitative estimate of drug-likeness (QED) is 0.204. The van der Waals surface area contributed by atoms with Gasteiger partial charge in [0.2, 0.25) is 0 Å². The minimum atomic E-state index is -1.05. The van der Waals surface area contributed by atoms with E-state index in [0.717, 1.165) is 0 Å². The zero-order valence-electron chi connectivity index (χ0n) is 17.3. The molecule has 0 aromatic heterocycles. The van der Waals surface area contributed by atoms with Crippen LogP contribution in [0.25, 0.3) is 5.76 Å². The maximum atomic E-state index is 13.6. The summed E-state index contributed by atoms with van der Waals surface area (Å²) < 4.78 is 18.7. The molecule has 1 saturated heterocycles. The summed E-state index contributed by atoms with van der Waals surface area (Å²) in [7, 11) is 1.49. The van der Waals surface area contributed by atoms with Crippen molar-refractivity contribution in [3.63, 3.8) is 0 Å². The molecule has 1 heterocycles. The minimum absolute atomic E-state index is 0.125. The molecule has 1 aliphatic rings. The van der Waals surface area contributed by atoms with E-state index in [1.165, 1.54) is 60.5 Å². The van der Waals surface area contributed by atoms with Crippen molar-refractivity contribution in [3.05, 3.63) is 105 Å². The van der Waals surface area contributed by atoms with Crippen LogP contribution in [-0.4, -0.2) is 28.8 Å². The van der Waals surface area contributed by atoms with Gasteiger partial charge in [-0.1, -0.05) is 12.1 Å². The van der Waals surface area contributed by atoms with E-state index < -0.39 is 34.2 Å². The van der Waals surface area contributed by atoms with Gasteiger partial charge in [0.25, 0.3) is 17.4 Å². The molecule has 1 fully saturated rings. The normalized spacial score (nSPS) is 17.3. The Labute approximate surface area is 187 Å². The van der Waals surface area contributed by atoms with Gasteiger partial charge in [-0.3, -0.25) is 24.6 Å². The highest BCUT2D eigenvalue weighted by atomic mass is 19.1. The molecule has 166 valence electrons. The molecule has 0 saturated carbocycles. The number of carbonyl (C=O) groups is 2. The van der Waals surface area contributed by atoms with Crippen LogP contribution in [0.15, 0.2) is 78.4 Å². The molecule has 0 aliphatic carbocycles. The number of aliphatic hydroxyl groups excluding tert-OH is 1. The number of amides is 1. The van der Waals surface area contributed by atoms with E-state index in [1.54, 1.807) is 24.3 Å². The van der Waals surface area contributed by atoms with E-state index in [9.17, 15) is 29.2 Å². The summed E-state index contributed by atoms with van der Waals surface area (Å²) in [4.78, 5) is 37.6. The van der Waals surface area contributed by atoms with Gasteiger partial charge in [0, 0.05) is 23.4 Å². The number of nitro groups is 1. The number of carbonyl (C=O) groups excluding carboxylic acids is 2. The molecule has 3 aromatic carbocycles. The van der Waals surface area contributed by atoms with Crippen molar-refractivity contribution in [3.8, 4) is 5.75 Å². The van der Waals surface area contributed by atoms with E-state index in [1.807, 2.05) is 0 Å². The molecular formula is C24H17FN2O6. The topological polar surface area (TPSA) is 110 Å². The third kappa shape index (κ3) is 3.91. The number of non-ortho nitro benzene ring substituents is 1. The third-order valence-electron chi connectivity index (χ3n) is 5.33. The van der Waals surface area contributed by atoms with E-state index in [2.05, 4.69) is 0 Å². The molecule has 0 radical (unpaired) electrons. The van der Waals surface area contributed by atoms with Crippen molar-refractivity contribution in [2.75, 3.05) is 12.0 Å². The first-order valence-electron chi connectivity index (χ1n) is 9.77. The maximum Gasteiger partial charge on any atom is 0.300 e. The van der Waals surface area contributed by atoms with Gasteiger partial charge in [-0.25, -0.2) is 4.39 Å². The predicted octanol–water partition coefficient (Wildman–Crippen LogP) is 4.37. The number of anilines is 1. The van der Waals surface area contributed by atoms with E-state index in [4.69, 9.17) is 4.74 Å². The Kier molecular flexibility index (Phi) is 5.61. The zero-order valence-corrected chi connectivity index (χ0v) is 17.3. The summed E-state index contributed by atoms with van der Waals surface area (Å²) in [5.74, 6) is -2.27. The second-order valence-corrected chi connectivity index (χ2v) is 7.22. The number of nitro benzene ring substituents is 1. The minimum Gasteiger partial charge on any atom is -0.507 e. The van der Waals surface area contributed by atoms with Crippen molar-refractivity contribution in [1.29, 1.82) is 0 Å². The van der Waals surface area contributed by atoms with E-state index >= 15 is 0 Å². The fourth-order valence-electron chi connectivity index (χ4n) is 3.70. The zero-order chi connectivity index (χ0) is 23.7. The molecule has 1 N–H and O–H groups in total. The Balaban J connectivity index is 1.89. The van der Waals surface area contributed by atoms with Gasteiger partial charge in [0.05, 0.1) is 23.6 Å². The van der Waals surface area contributed by atoms with E-state index in [0.29, 0.717) is 17.0 Å². The number of aliphatic hydroxyl groups is 1. The summed E-state index contributed by atoms with van der Waals surface area (Å²) in [6, 6.07) is 15.5.